The summed E-state index contributed by atoms with van der Waals surface area (Å²) in [6, 6.07) is 4.08. The molecule has 0 radical (unpaired) electrons. The average molecular weight is 395 g/mol. The second kappa shape index (κ2) is 7.75. The normalized spacial score (nSPS) is 21.1. The molecule has 2 unspecified atom stereocenters. The molecule has 1 aromatic rings. The second-order valence-electron chi connectivity index (χ2n) is 4.99. The molecule has 2 rings (SSSR count). The van der Waals surface area contributed by atoms with Crippen molar-refractivity contribution >= 4 is 29.9 Å². The molecule has 112 valence electrons. The molecule has 1 fully saturated rings. The van der Waals surface area contributed by atoms with Crippen LogP contribution in [-0.4, -0.2) is 25.6 Å². The van der Waals surface area contributed by atoms with Crippen molar-refractivity contribution < 1.29 is 8.78 Å². The highest BCUT2D eigenvalue weighted by atomic mass is 127. The van der Waals surface area contributed by atoms with Gasteiger partial charge in [0.2, 0.25) is 0 Å². The zero-order chi connectivity index (χ0) is 13.8. The molecule has 2 atom stereocenters. The fraction of sp³-hybridized carbons (Fsp3) is 0.500. The molecular weight excluding hydrogens is 375 g/mol. The Labute approximate surface area is 135 Å². The highest BCUT2D eigenvalue weighted by molar-refractivity contribution is 14.0. The van der Waals surface area contributed by atoms with Crippen LogP contribution in [0.4, 0.5) is 8.78 Å². The van der Waals surface area contributed by atoms with Gasteiger partial charge in [-0.05, 0) is 36.5 Å². The summed E-state index contributed by atoms with van der Waals surface area (Å²) in [7, 11) is 1.71. The summed E-state index contributed by atoms with van der Waals surface area (Å²) in [5, 5.41) is 6.43. The zero-order valence-corrected chi connectivity index (χ0v) is 13.9. The molecule has 0 saturated heterocycles. The number of guanidine groups is 1. The van der Waals surface area contributed by atoms with E-state index in [0.29, 0.717) is 30.5 Å². The van der Waals surface area contributed by atoms with E-state index in [9.17, 15) is 8.78 Å². The van der Waals surface area contributed by atoms with Crippen molar-refractivity contribution in [1.29, 1.82) is 0 Å². The van der Waals surface area contributed by atoms with Gasteiger partial charge < -0.3 is 10.6 Å². The monoisotopic (exact) mass is 395 g/mol. The maximum absolute atomic E-state index is 13.0. The Morgan fingerprint density at radius 3 is 2.40 bits per heavy atom. The molecule has 0 amide bonds. The number of nitrogens with zero attached hydrogens (tertiary/aromatic N) is 1. The van der Waals surface area contributed by atoms with E-state index in [1.165, 1.54) is 12.1 Å². The lowest BCUT2D eigenvalue weighted by Crippen LogP contribution is -2.39. The van der Waals surface area contributed by atoms with Crippen LogP contribution in [0, 0.1) is 17.6 Å². The molecule has 1 aliphatic rings. The summed E-state index contributed by atoms with van der Waals surface area (Å²) in [6.07, 6.45) is 1.71. The van der Waals surface area contributed by atoms with Gasteiger partial charge in [0, 0.05) is 25.7 Å². The van der Waals surface area contributed by atoms with E-state index in [4.69, 9.17) is 0 Å². The maximum Gasteiger partial charge on any atom is 0.191 e. The Bertz CT molecular complexity index is 459. The van der Waals surface area contributed by atoms with Crippen molar-refractivity contribution in [3.8, 4) is 0 Å². The van der Waals surface area contributed by atoms with Crippen LogP contribution in [0.1, 0.15) is 18.9 Å². The number of aliphatic imine (C=N–C) groups is 1. The van der Waals surface area contributed by atoms with Crippen LogP contribution in [0.2, 0.25) is 0 Å². The van der Waals surface area contributed by atoms with E-state index in [1.807, 2.05) is 0 Å². The topological polar surface area (TPSA) is 36.4 Å². The summed E-state index contributed by atoms with van der Waals surface area (Å²) in [4.78, 5) is 4.12. The Kier molecular flexibility index (Phi) is 6.64. The summed E-state index contributed by atoms with van der Waals surface area (Å²) in [6.45, 7) is 2.77. The van der Waals surface area contributed by atoms with Crippen LogP contribution < -0.4 is 10.6 Å². The highest BCUT2D eigenvalue weighted by Crippen LogP contribution is 2.28. The third-order valence-corrected chi connectivity index (χ3v) is 3.28. The van der Waals surface area contributed by atoms with Gasteiger partial charge in [-0.3, -0.25) is 4.99 Å². The van der Waals surface area contributed by atoms with Gasteiger partial charge in [-0.15, -0.1) is 24.0 Å². The van der Waals surface area contributed by atoms with E-state index >= 15 is 0 Å². The molecule has 0 bridgehead atoms. The predicted octanol–water partition coefficient (Wildman–Crippen LogP) is 2.70. The van der Waals surface area contributed by atoms with Gasteiger partial charge >= 0.3 is 0 Å². The molecule has 1 saturated carbocycles. The Balaban J connectivity index is 0.00000200. The molecule has 2 N–H and O–H groups in total. The molecular formula is C14H20F2IN3. The molecule has 3 nitrogen and oxygen atoms in total. The first-order valence-corrected chi connectivity index (χ1v) is 6.50. The molecule has 0 aromatic heterocycles. The minimum atomic E-state index is -0.538. The lowest BCUT2D eigenvalue weighted by atomic mass is 10.1. The lowest BCUT2D eigenvalue weighted by molar-refractivity contribution is 0.579. The minimum Gasteiger partial charge on any atom is -0.356 e. The van der Waals surface area contributed by atoms with Gasteiger partial charge in [0.15, 0.2) is 5.96 Å². The van der Waals surface area contributed by atoms with Crippen LogP contribution in [-0.2, 0) is 6.42 Å². The largest absolute Gasteiger partial charge is 0.356 e. The van der Waals surface area contributed by atoms with Crippen LogP contribution in [0.3, 0.4) is 0 Å². The molecule has 1 aliphatic carbocycles. The van der Waals surface area contributed by atoms with Gasteiger partial charge in [-0.2, -0.15) is 0 Å². The average Bonchev–Trinajstić information content (AvgIpc) is 3.02. The predicted molar refractivity (Wildman–Crippen MR) is 87.5 cm³/mol. The molecule has 6 heteroatoms. The SMILES string of the molecule is CN=C(NCCc1cc(F)cc(F)c1)NC1CC1C.I. The fourth-order valence-corrected chi connectivity index (χ4v) is 1.97. The molecule has 1 aromatic carbocycles. The van der Waals surface area contributed by atoms with E-state index in [2.05, 4.69) is 22.5 Å². The van der Waals surface area contributed by atoms with E-state index in [0.717, 1.165) is 18.4 Å². The van der Waals surface area contributed by atoms with Gasteiger partial charge in [0.05, 0.1) is 0 Å². The van der Waals surface area contributed by atoms with Gasteiger partial charge in [0.25, 0.3) is 0 Å². The van der Waals surface area contributed by atoms with E-state index in [1.54, 1.807) is 7.05 Å². The number of rotatable bonds is 4. The fourth-order valence-electron chi connectivity index (χ4n) is 1.97. The first kappa shape index (κ1) is 17.1. The summed E-state index contributed by atoms with van der Waals surface area (Å²) in [5.41, 5.74) is 0.639. The summed E-state index contributed by atoms with van der Waals surface area (Å²) >= 11 is 0. The number of hydrogen-bond donors (Lipinski definition) is 2. The van der Waals surface area contributed by atoms with Gasteiger partial charge in [0.1, 0.15) is 11.6 Å². The van der Waals surface area contributed by atoms with Gasteiger partial charge in [-0.1, -0.05) is 6.92 Å². The van der Waals surface area contributed by atoms with Crippen molar-refractivity contribution in [2.45, 2.75) is 25.8 Å². The van der Waals surface area contributed by atoms with Crippen LogP contribution in [0.15, 0.2) is 23.2 Å². The standard InChI is InChI=1S/C14H19F2N3.HI/c1-9-5-13(9)19-14(17-2)18-4-3-10-6-11(15)8-12(16)7-10;/h6-9,13H,3-5H2,1-2H3,(H2,17,18,19);1H. The molecule has 0 spiro atoms. The van der Waals surface area contributed by atoms with Crippen molar-refractivity contribution in [2.24, 2.45) is 10.9 Å². The van der Waals surface area contributed by atoms with Gasteiger partial charge in [-0.25, -0.2) is 8.78 Å². The highest BCUT2D eigenvalue weighted by Gasteiger charge is 2.33. The van der Waals surface area contributed by atoms with Crippen molar-refractivity contribution in [1.82, 2.24) is 10.6 Å². The zero-order valence-electron chi connectivity index (χ0n) is 11.6. The van der Waals surface area contributed by atoms with E-state index < -0.39 is 11.6 Å². The first-order valence-electron chi connectivity index (χ1n) is 6.50. The van der Waals surface area contributed by atoms with Crippen molar-refractivity contribution in [3.63, 3.8) is 0 Å². The molecule has 0 aliphatic heterocycles. The number of hydrogen-bond acceptors (Lipinski definition) is 1. The van der Waals surface area contributed by atoms with Crippen LogP contribution in [0.25, 0.3) is 0 Å². The smallest absolute Gasteiger partial charge is 0.191 e. The van der Waals surface area contributed by atoms with Crippen LogP contribution >= 0.6 is 24.0 Å². The summed E-state index contributed by atoms with van der Waals surface area (Å²) < 4.78 is 26.0. The Morgan fingerprint density at radius 1 is 1.30 bits per heavy atom. The number of halogens is 3. The third-order valence-electron chi connectivity index (χ3n) is 3.28. The van der Waals surface area contributed by atoms with E-state index in [-0.39, 0.29) is 24.0 Å². The third kappa shape index (κ3) is 5.22. The van der Waals surface area contributed by atoms with Crippen molar-refractivity contribution in [2.75, 3.05) is 13.6 Å². The second-order valence-corrected chi connectivity index (χ2v) is 4.99. The number of nitrogens with one attached hydrogen (secondary N) is 2. The Hall–Kier alpha value is -0.920. The summed E-state index contributed by atoms with van der Waals surface area (Å²) in [5.74, 6) is 0.357. The minimum absolute atomic E-state index is 0. The number of benzene rings is 1. The lowest BCUT2D eigenvalue weighted by Gasteiger charge is -2.11. The van der Waals surface area contributed by atoms with Crippen molar-refractivity contribution in [3.05, 3.63) is 35.4 Å². The molecule has 0 heterocycles. The molecule has 20 heavy (non-hydrogen) atoms. The Morgan fingerprint density at radius 2 is 1.90 bits per heavy atom. The first-order chi connectivity index (χ1) is 9.08. The maximum atomic E-state index is 13.0. The van der Waals surface area contributed by atoms with Crippen LogP contribution in [0.5, 0.6) is 0 Å². The quantitative estimate of drug-likeness (QED) is 0.468.